The third-order valence-electron chi connectivity index (χ3n) is 4.78. The molecule has 1 amide bonds. The highest BCUT2D eigenvalue weighted by molar-refractivity contribution is 7.99. The second kappa shape index (κ2) is 8.35. The lowest BCUT2D eigenvalue weighted by Gasteiger charge is -2.23. The predicted molar refractivity (Wildman–Crippen MR) is 113 cm³/mol. The molecule has 4 aromatic rings. The molecule has 0 radical (unpaired) electrons. The molecule has 1 N–H and O–H groups in total. The summed E-state index contributed by atoms with van der Waals surface area (Å²) in [6, 6.07) is 16.8. The number of nitrogens with zero attached hydrogens (tertiary/aromatic N) is 2. The quantitative estimate of drug-likeness (QED) is 0.446. The van der Waals surface area contributed by atoms with Crippen molar-refractivity contribution >= 4 is 28.6 Å². The molecule has 0 fully saturated rings. The Balaban J connectivity index is 1.15. The van der Waals surface area contributed by atoms with Crippen molar-refractivity contribution in [2.24, 2.45) is 0 Å². The van der Waals surface area contributed by atoms with Gasteiger partial charge in [-0.25, -0.2) is 0 Å². The highest BCUT2D eigenvalue weighted by atomic mass is 32.2. The highest BCUT2D eigenvalue weighted by Crippen LogP contribution is 2.36. The molecule has 1 aliphatic heterocycles. The minimum Gasteiger partial charge on any atom is -0.485 e. The summed E-state index contributed by atoms with van der Waals surface area (Å²) in [5.41, 5.74) is 0.794. The van der Waals surface area contributed by atoms with Crippen LogP contribution in [0.3, 0.4) is 0 Å². The molecular weight excluding hydrogens is 418 g/mol. The van der Waals surface area contributed by atoms with Gasteiger partial charge in [0, 0.05) is 5.39 Å². The second-order valence-corrected chi connectivity index (χ2v) is 7.96. The third-order valence-corrected chi connectivity index (χ3v) is 5.60. The number of carbonyl (C=O) groups is 1. The Morgan fingerprint density at radius 1 is 1.13 bits per heavy atom. The van der Waals surface area contributed by atoms with Gasteiger partial charge in [-0.1, -0.05) is 42.1 Å². The molecule has 31 heavy (non-hydrogen) atoms. The summed E-state index contributed by atoms with van der Waals surface area (Å²) in [6.07, 6.45) is -0.487. The number of aromatic nitrogens is 2. The van der Waals surface area contributed by atoms with E-state index in [1.54, 1.807) is 0 Å². The maximum atomic E-state index is 12.4. The number of amides is 1. The van der Waals surface area contributed by atoms with Gasteiger partial charge >= 0.3 is 0 Å². The van der Waals surface area contributed by atoms with Gasteiger partial charge in [-0.3, -0.25) is 4.79 Å². The molecule has 1 aliphatic rings. The lowest BCUT2D eigenvalue weighted by molar-refractivity contribution is -0.119. The molecule has 0 aliphatic carbocycles. The van der Waals surface area contributed by atoms with Gasteiger partial charge in [-0.15, -0.1) is 10.2 Å². The SMILES string of the molecule is C[C@H](NC(=O)CSc1nnc([C@@H]2COc3ccccc3O2)o1)c1cc2ccccc2o1. The van der Waals surface area contributed by atoms with E-state index >= 15 is 0 Å². The van der Waals surface area contributed by atoms with Gasteiger partial charge in [-0.05, 0) is 31.2 Å². The van der Waals surface area contributed by atoms with E-state index in [0.29, 0.717) is 28.4 Å². The number of rotatable bonds is 6. The molecule has 0 saturated heterocycles. The number of thioether (sulfide) groups is 1. The Morgan fingerprint density at radius 2 is 1.94 bits per heavy atom. The molecule has 158 valence electrons. The molecule has 2 aromatic heterocycles. The average Bonchev–Trinajstić information content (AvgIpc) is 3.44. The molecule has 0 bridgehead atoms. The Kier molecular flexibility index (Phi) is 5.25. The molecule has 5 rings (SSSR count). The van der Waals surface area contributed by atoms with Crippen molar-refractivity contribution in [2.45, 2.75) is 24.3 Å². The van der Waals surface area contributed by atoms with Crippen LogP contribution in [0.4, 0.5) is 0 Å². The van der Waals surface area contributed by atoms with E-state index in [1.807, 2.05) is 61.5 Å². The van der Waals surface area contributed by atoms with Crippen molar-refractivity contribution in [2.75, 3.05) is 12.4 Å². The van der Waals surface area contributed by atoms with E-state index < -0.39 is 6.10 Å². The van der Waals surface area contributed by atoms with E-state index in [4.69, 9.17) is 18.3 Å². The number of benzene rings is 2. The molecular formula is C22H19N3O5S. The number of nitrogens with one attached hydrogen (secondary N) is 1. The van der Waals surface area contributed by atoms with Crippen LogP contribution in [-0.4, -0.2) is 28.5 Å². The summed E-state index contributed by atoms with van der Waals surface area (Å²) in [7, 11) is 0. The average molecular weight is 437 g/mol. The fraction of sp³-hybridized carbons (Fsp3) is 0.227. The molecule has 0 saturated carbocycles. The summed E-state index contributed by atoms with van der Waals surface area (Å²) < 4.78 is 23.0. The monoisotopic (exact) mass is 437 g/mol. The van der Waals surface area contributed by atoms with Crippen LogP contribution < -0.4 is 14.8 Å². The summed E-state index contributed by atoms with van der Waals surface area (Å²) in [4.78, 5) is 12.4. The van der Waals surface area contributed by atoms with Crippen LogP contribution in [0.1, 0.15) is 30.7 Å². The maximum Gasteiger partial charge on any atom is 0.277 e. The minimum atomic E-state index is -0.487. The highest BCUT2D eigenvalue weighted by Gasteiger charge is 2.27. The summed E-state index contributed by atoms with van der Waals surface area (Å²) in [5, 5.41) is 12.3. The van der Waals surface area contributed by atoms with Crippen LogP contribution >= 0.6 is 11.8 Å². The topological polar surface area (TPSA) is 99.6 Å². The van der Waals surface area contributed by atoms with Crippen molar-refractivity contribution in [3.63, 3.8) is 0 Å². The Hall–Kier alpha value is -3.46. The van der Waals surface area contributed by atoms with Crippen LogP contribution in [0.15, 0.2) is 68.7 Å². The first-order chi connectivity index (χ1) is 15.2. The normalized spacial score (nSPS) is 16.2. The lowest BCUT2D eigenvalue weighted by atomic mass is 10.2. The van der Waals surface area contributed by atoms with Crippen molar-refractivity contribution in [3.05, 3.63) is 66.2 Å². The first kappa shape index (κ1) is 19.5. The van der Waals surface area contributed by atoms with Crippen LogP contribution in [-0.2, 0) is 4.79 Å². The van der Waals surface area contributed by atoms with Crippen molar-refractivity contribution in [3.8, 4) is 11.5 Å². The van der Waals surface area contributed by atoms with Gasteiger partial charge < -0.3 is 23.6 Å². The fourth-order valence-electron chi connectivity index (χ4n) is 3.25. The van der Waals surface area contributed by atoms with Gasteiger partial charge in [0.05, 0.1) is 11.8 Å². The molecule has 9 heteroatoms. The van der Waals surface area contributed by atoms with Gasteiger partial charge in [0.15, 0.2) is 11.5 Å². The Morgan fingerprint density at radius 3 is 2.81 bits per heavy atom. The summed E-state index contributed by atoms with van der Waals surface area (Å²) in [5.74, 6) is 2.30. The summed E-state index contributed by atoms with van der Waals surface area (Å²) in [6.45, 7) is 2.15. The molecule has 3 heterocycles. The van der Waals surface area contributed by atoms with E-state index in [2.05, 4.69) is 15.5 Å². The molecule has 0 unspecified atom stereocenters. The number of furan rings is 1. The first-order valence-corrected chi connectivity index (χ1v) is 10.8. The van der Waals surface area contributed by atoms with E-state index in [0.717, 1.165) is 22.7 Å². The Labute approximate surface area is 181 Å². The number of para-hydroxylation sites is 3. The van der Waals surface area contributed by atoms with E-state index in [-0.39, 0.29) is 24.3 Å². The van der Waals surface area contributed by atoms with E-state index in [1.165, 1.54) is 0 Å². The third kappa shape index (κ3) is 4.22. The molecule has 8 nitrogen and oxygen atoms in total. The van der Waals surface area contributed by atoms with Gasteiger partial charge in [0.2, 0.25) is 12.0 Å². The zero-order valence-corrected chi connectivity index (χ0v) is 17.4. The fourth-order valence-corrected chi connectivity index (χ4v) is 3.83. The summed E-state index contributed by atoms with van der Waals surface area (Å²) >= 11 is 1.16. The maximum absolute atomic E-state index is 12.4. The van der Waals surface area contributed by atoms with Crippen LogP contribution in [0.5, 0.6) is 11.5 Å². The number of hydrogen-bond donors (Lipinski definition) is 1. The van der Waals surface area contributed by atoms with Crippen LogP contribution in [0.25, 0.3) is 11.0 Å². The van der Waals surface area contributed by atoms with Crippen molar-refractivity contribution in [1.82, 2.24) is 15.5 Å². The largest absolute Gasteiger partial charge is 0.485 e. The zero-order chi connectivity index (χ0) is 21.2. The first-order valence-electron chi connectivity index (χ1n) is 9.78. The predicted octanol–water partition coefficient (Wildman–Crippen LogP) is 4.30. The Bertz CT molecular complexity index is 1190. The standard InChI is InChI=1S/C22H19N3O5S/c1-13(18-10-14-6-2-3-7-15(14)28-18)23-20(26)12-31-22-25-24-21(30-22)19-11-27-16-8-4-5-9-17(16)29-19/h2-10,13,19H,11-12H2,1H3,(H,23,26)/t13-,19-/m0/s1. The van der Waals surface area contributed by atoms with E-state index in [9.17, 15) is 4.79 Å². The molecule has 2 aromatic carbocycles. The van der Waals surface area contributed by atoms with Gasteiger partial charge in [0.25, 0.3) is 11.1 Å². The van der Waals surface area contributed by atoms with Crippen molar-refractivity contribution < 1.29 is 23.1 Å². The van der Waals surface area contributed by atoms with Gasteiger partial charge in [-0.2, -0.15) is 0 Å². The van der Waals surface area contributed by atoms with Gasteiger partial charge in [0.1, 0.15) is 18.0 Å². The molecule has 0 spiro atoms. The zero-order valence-electron chi connectivity index (χ0n) is 16.6. The number of hydrogen-bond acceptors (Lipinski definition) is 8. The minimum absolute atomic E-state index is 0.136. The number of fused-ring (bicyclic) bond motifs is 2. The lowest BCUT2D eigenvalue weighted by Crippen LogP contribution is -2.27. The second-order valence-electron chi connectivity index (χ2n) is 7.03. The van der Waals surface area contributed by atoms with Crippen LogP contribution in [0.2, 0.25) is 0 Å². The smallest absolute Gasteiger partial charge is 0.277 e. The van der Waals surface area contributed by atoms with Crippen molar-refractivity contribution in [1.29, 1.82) is 0 Å². The number of ether oxygens (including phenoxy) is 2. The number of carbonyl (C=O) groups excluding carboxylic acids is 1. The molecule has 2 atom stereocenters. The van der Waals surface area contributed by atoms with Crippen LogP contribution in [0, 0.1) is 0 Å².